The minimum absolute atomic E-state index is 0.0152. The van der Waals surface area contributed by atoms with Crippen molar-refractivity contribution in [3.05, 3.63) is 34.9 Å². The fourth-order valence-corrected chi connectivity index (χ4v) is 8.18. The second kappa shape index (κ2) is 12.2. The molecule has 0 bridgehead atoms. The predicted molar refractivity (Wildman–Crippen MR) is 172 cm³/mol. The second-order valence-corrected chi connectivity index (χ2v) is 17.1. The average molecular weight is 692 g/mol. The standard InChI is InChI=1S/C32H42ClN5O8S/c1-30(2,3)25(34-29(42)45-21-9-4-5-10-21)27(40)38-18-31(16-23(36-46-31)19-7-6-8-20(33)15-19)17-24(38)26(39)35-32(13-14-32)28(41)37-47(43,44)22-11-12-22/h6-8,15,21-22,24-25H,4-5,9-14,16-18H2,1-3H3,(H,34,42)(H,35,39)(H,37,41)/t24-,25+,31+/m0/s1. The Morgan fingerprint density at radius 2 is 1.81 bits per heavy atom. The van der Waals surface area contributed by atoms with Crippen molar-refractivity contribution in [2.45, 2.75) is 120 Å². The minimum atomic E-state index is -3.82. The average Bonchev–Trinajstić information content (AvgIpc) is 3.87. The van der Waals surface area contributed by atoms with E-state index in [2.05, 4.69) is 20.5 Å². The number of amides is 4. The molecule has 47 heavy (non-hydrogen) atoms. The predicted octanol–water partition coefficient (Wildman–Crippen LogP) is 3.14. The number of oxime groups is 1. The summed E-state index contributed by atoms with van der Waals surface area (Å²) in [6.45, 7) is 5.41. The van der Waals surface area contributed by atoms with Crippen LogP contribution in [0.3, 0.4) is 0 Å². The highest BCUT2D eigenvalue weighted by Crippen LogP contribution is 2.42. The fourth-order valence-electron chi connectivity index (χ4n) is 6.62. The molecule has 3 N–H and O–H groups in total. The Hall–Kier alpha value is -3.39. The summed E-state index contributed by atoms with van der Waals surface area (Å²) in [5.74, 6) is -1.91. The van der Waals surface area contributed by atoms with Gasteiger partial charge in [-0.05, 0) is 68.9 Å². The van der Waals surface area contributed by atoms with Gasteiger partial charge in [-0.3, -0.25) is 19.1 Å². The van der Waals surface area contributed by atoms with Gasteiger partial charge in [-0.25, -0.2) is 13.2 Å². The maximum atomic E-state index is 14.4. The molecule has 3 saturated carbocycles. The molecule has 15 heteroatoms. The number of hydrogen-bond donors (Lipinski definition) is 3. The quantitative estimate of drug-likeness (QED) is 0.354. The molecule has 3 aliphatic carbocycles. The highest BCUT2D eigenvalue weighted by atomic mass is 35.5. The van der Waals surface area contributed by atoms with E-state index in [0.29, 0.717) is 23.6 Å². The molecule has 1 spiro atoms. The lowest BCUT2D eigenvalue weighted by molar-refractivity contribution is -0.143. The molecule has 0 aromatic heterocycles. The molecule has 3 atom stereocenters. The van der Waals surface area contributed by atoms with E-state index >= 15 is 0 Å². The number of nitrogens with zero attached hydrogens (tertiary/aromatic N) is 2. The van der Waals surface area contributed by atoms with E-state index in [4.69, 9.17) is 21.2 Å². The monoisotopic (exact) mass is 691 g/mol. The van der Waals surface area contributed by atoms with Crippen molar-refractivity contribution in [1.29, 1.82) is 0 Å². The first-order valence-electron chi connectivity index (χ1n) is 16.3. The summed E-state index contributed by atoms with van der Waals surface area (Å²) < 4.78 is 32.7. The summed E-state index contributed by atoms with van der Waals surface area (Å²) in [7, 11) is -3.82. The number of rotatable bonds is 9. The number of benzene rings is 1. The van der Waals surface area contributed by atoms with Crippen molar-refractivity contribution in [1.82, 2.24) is 20.3 Å². The van der Waals surface area contributed by atoms with Crippen LogP contribution in [0.25, 0.3) is 0 Å². The molecular formula is C32H42ClN5O8S. The zero-order valence-corrected chi connectivity index (χ0v) is 28.4. The Kier molecular flexibility index (Phi) is 8.73. The van der Waals surface area contributed by atoms with Gasteiger partial charge in [0.2, 0.25) is 21.8 Å². The fraction of sp³-hybridized carbons (Fsp3) is 0.656. The van der Waals surface area contributed by atoms with Gasteiger partial charge in [-0.15, -0.1) is 0 Å². The summed E-state index contributed by atoms with van der Waals surface area (Å²) in [5, 5.41) is 9.76. The van der Waals surface area contributed by atoms with Crippen LogP contribution < -0.4 is 15.4 Å². The SMILES string of the molecule is CC(C)(C)[C@H](NC(=O)OC1CCCC1)C(=O)N1C[C@@]2(CC(c3cccc(Cl)c3)=NO2)C[C@H]1C(=O)NC1(C(=O)NS(=O)(=O)C2CC2)CC1. The lowest BCUT2D eigenvalue weighted by atomic mass is 9.85. The first-order chi connectivity index (χ1) is 22.1. The summed E-state index contributed by atoms with van der Waals surface area (Å²) in [6.07, 6.45) is 4.39. The minimum Gasteiger partial charge on any atom is -0.446 e. The number of likely N-dealkylation sites (tertiary alicyclic amines) is 1. The Labute approximate surface area is 279 Å². The number of nitrogens with one attached hydrogen (secondary N) is 3. The van der Waals surface area contributed by atoms with Gasteiger partial charge in [0.05, 0.1) is 17.5 Å². The lowest BCUT2D eigenvalue weighted by Crippen LogP contribution is -2.60. The zero-order valence-electron chi connectivity index (χ0n) is 26.8. The highest BCUT2D eigenvalue weighted by molar-refractivity contribution is 7.91. The van der Waals surface area contributed by atoms with E-state index in [1.807, 2.05) is 26.8 Å². The normalized spacial score (nSPS) is 25.9. The van der Waals surface area contributed by atoms with Crippen LogP contribution in [0.2, 0.25) is 5.02 Å². The molecular weight excluding hydrogens is 650 g/mol. The third-order valence-corrected chi connectivity index (χ3v) is 11.7. The summed E-state index contributed by atoms with van der Waals surface area (Å²) in [5.41, 5.74) is -1.87. The Bertz CT molecular complexity index is 1600. The number of carbonyl (C=O) groups excluding carboxylic acids is 4. The second-order valence-electron chi connectivity index (χ2n) is 14.7. The maximum Gasteiger partial charge on any atom is 0.408 e. The van der Waals surface area contributed by atoms with Gasteiger partial charge in [0.25, 0.3) is 5.91 Å². The van der Waals surface area contributed by atoms with Crippen LogP contribution in [-0.4, -0.2) is 84.0 Å². The van der Waals surface area contributed by atoms with E-state index in [9.17, 15) is 27.6 Å². The zero-order chi connectivity index (χ0) is 33.8. The largest absolute Gasteiger partial charge is 0.446 e. The summed E-state index contributed by atoms with van der Waals surface area (Å²) >= 11 is 6.21. The van der Waals surface area contributed by atoms with Crippen LogP contribution in [0.4, 0.5) is 4.79 Å². The molecule has 5 aliphatic rings. The number of ether oxygens (including phenoxy) is 1. The van der Waals surface area contributed by atoms with Gasteiger partial charge in [0.1, 0.15) is 23.7 Å². The summed E-state index contributed by atoms with van der Waals surface area (Å²) in [6, 6.07) is 4.98. The molecule has 0 radical (unpaired) electrons. The lowest BCUT2D eigenvalue weighted by Gasteiger charge is -2.35. The first kappa shape index (κ1) is 33.5. The molecule has 4 amide bonds. The molecule has 6 rings (SSSR count). The molecule has 1 saturated heterocycles. The van der Waals surface area contributed by atoms with E-state index < -0.39 is 67.7 Å². The van der Waals surface area contributed by atoms with Crippen LogP contribution in [0, 0.1) is 5.41 Å². The molecule has 2 heterocycles. The van der Waals surface area contributed by atoms with E-state index in [1.165, 1.54) is 4.90 Å². The number of sulfonamides is 1. The molecule has 2 aliphatic heterocycles. The van der Waals surface area contributed by atoms with Crippen molar-refractivity contribution in [2.24, 2.45) is 10.6 Å². The number of halogens is 1. The molecule has 4 fully saturated rings. The molecule has 1 aromatic carbocycles. The Balaban J connectivity index is 1.23. The molecule has 1 aromatic rings. The van der Waals surface area contributed by atoms with Crippen LogP contribution in [0.5, 0.6) is 0 Å². The van der Waals surface area contributed by atoms with E-state index in [-0.39, 0.29) is 38.3 Å². The maximum absolute atomic E-state index is 14.4. The number of carbonyl (C=O) groups is 4. The van der Waals surface area contributed by atoms with Gasteiger partial charge in [-0.2, -0.15) is 0 Å². The van der Waals surface area contributed by atoms with E-state index in [1.54, 1.807) is 18.2 Å². The van der Waals surface area contributed by atoms with Crippen molar-refractivity contribution in [2.75, 3.05) is 6.54 Å². The van der Waals surface area contributed by atoms with Gasteiger partial charge < -0.3 is 25.1 Å². The van der Waals surface area contributed by atoms with Crippen molar-refractivity contribution in [3.8, 4) is 0 Å². The molecule has 0 unspecified atom stereocenters. The Morgan fingerprint density at radius 1 is 1.11 bits per heavy atom. The molecule has 13 nitrogen and oxygen atoms in total. The van der Waals surface area contributed by atoms with Crippen molar-refractivity contribution < 1.29 is 37.2 Å². The van der Waals surface area contributed by atoms with Crippen LogP contribution >= 0.6 is 11.6 Å². The van der Waals surface area contributed by atoms with Gasteiger partial charge in [0, 0.05) is 23.4 Å². The van der Waals surface area contributed by atoms with Gasteiger partial charge in [0.15, 0.2) is 5.60 Å². The highest BCUT2D eigenvalue weighted by Gasteiger charge is 2.59. The van der Waals surface area contributed by atoms with Crippen LogP contribution in [0.15, 0.2) is 29.4 Å². The van der Waals surface area contributed by atoms with Crippen LogP contribution in [-0.2, 0) is 34.0 Å². The van der Waals surface area contributed by atoms with Crippen LogP contribution in [0.1, 0.15) is 90.5 Å². The van der Waals surface area contributed by atoms with Gasteiger partial charge in [-0.1, -0.05) is 49.7 Å². The van der Waals surface area contributed by atoms with Crippen molar-refractivity contribution >= 4 is 51.2 Å². The van der Waals surface area contributed by atoms with Crippen molar-refractivity contribution in [3.63, 3.8) is 0 Å². The number of hydrogen-bond acceptors (Lipinski definition) is 9. The first-order valence-corrected chi connectivity index (χ1v) is 18.2. The third-order valence-electron chi connectivity index (χ3n) is 9.68. The molecule has 256 valence electrons. The smallest absolute Gasteiger partial charge is 0.408 e. The Morgan fingerprint density at radius 3 is 2.43 bits per heavy atom. The number of alkyl carbamates (subject to hydrolysis) is 1. The topological polar surface area (TPSA) is 173 Å². The van der Waals surface area contributed by atoms with Gasteiger partial charge >= 0.3 is 6.09 Å². The third kappa shape index (κ3) is 7.23. The van der Waals surface area contributed by atoms with E-state index in [0.717, 1.165) is 31.2 Å². The summed E-state index contributed by atoms with van der Waals surface area (Å²) in [4.78, 5) is 61.9.